The average molecular weight is 100 g/mol. The molecule has 0 aliphatic heterocycles. The molecule has 0 unspecified atom stereocenters. The van der Waals surface area contributed by atoms with Gasteiger partial charge < -0.3 is 0 Å². The average Bonchev–Trinajstić information content (AvgIpc) is 1.27. The first-order valence-electron chi connectivity index (χ1n) is 2.16. The molecule has 0 aromatic rings. The van der Waals surface area contributed by atoms with Crippen LogP contribution in [0.1, 0.15) is 0 Å². The molecule has 0 heterocycles. The molecular formula is C5H12N2+2. The summed E-state index contributed by atoms with van der Waals surface area (Å²) in [5.74, 6) is 0. The molecule has 0 aliphatic rings. The lowest BCUT2D eigenvalue weighted by atomic mass is 10.9. The second-order valence-corrected chi connectivity index (χ2v) is 1.85. The zero-order chi connectivity index (χ0) is 5.86. The summed E-state index contributed by atoms with van der Waals surface area (Å²) in [6, 6.07) is 0. The van der Waals surface area contributed by atoms with E-state index in [4.69, 9.17) is 0 Å². The van der Waals surface area contributed by atoms with E-state index in [0.29, 0.717) is 0 Å². The van der Waals surface area contributed by atoms with Gasteiger partial charge in [-0.25, -0.2) is 0 Å². The molecule has 2 nitrogen and oxygen atoms in total. The van der Waals surface area contributed by atoms with Crippen molar-refractivity contribution < 1.29 is 9.15 Å². The Labute approximate surface area is 44.4 Å². The standard InChI is InChI=1S/C5H12N2/c1-6(2)5-7(3)4/h1,3,5H2,2,4H3/q+2. The molecule has 0 saturated heterocycles. The van der Waals surface area contributed by atoms with E-state index in [9.17, 15) is 0 Å². The van der Waals surface area contributed by atoms with Crippen molar-refractivity contribution in [2.45, 2.75) is 0 Å². The van der Waals surface area contributed by atoms with Gasteiger partial charge in [0.15, 0.2) is 0 Å². The highest BCUT2D eigenvalue weighted by atomic mass is 15.1. The highest BCUT2D eigenvalue weighted by Gasteiger charge is 1.92. The SMILES string of the molecule is C=[N+](C)C[N+](=C)C. The lowest BCUT2D eigenvalue weighted by Crippen LogP contribution is -2.15. The van der Waals surface area contributed by atoms with Crippen LogP contribution in [0.2, 0.25) is 0 Å². The van der Waals surface area contributed by atoms with Crippen molar-refractivity contribution in [3.8, 4) is 0 Å². The van der Waals surface area contributed by atoms with Crippen LogP contribution in [0.5, 0.6) is 0 Å². The van der Waals surface area contributed by atoms with Crippen LogP contribution in [0, 0.1) is 0 Å². The maximum atomic E-state index is 3.63. The highest BCUT2D eigenvalue weighted by Crippen LogP contribution is 1.60. The summed E-state index contributed by atoms with van der Waals surface area (Å²) in [6.45, 7) is 8.07. The van der Waals surface area contributed by atoms with Crippen molar-refractivity contribution in [2.24, 2.45) is 0 Å². The Morgan fingerprint density at radius 3 is 1.43 bits per heavy atom. The van der Waals surface area contributed by atoms with E-state index in [-0.39, 0.29) is 0 Å². The molecule has 0 radical (unpaired) electrons. The third-order valence-corrected chi connectivity index (χ3v) is 0.483. The van der Waals surface area contributed by atoms with E-state index in [1.807, 2.05) is 23.2 Å². The molecule has 0 bridgehead atoms. The topological polar surface area (TPSA) is 6.02 Å². The molecule has 0 aromatic heterocycles. The van der Waals surface area contributed by atoms with Gasteiger partial charge in [-0.3, -0.25) is 0 Å². The Morgan fingerprint density at radius 2 is 1.43 bits per heavy atom. The minimum Gasteiger partial charge on any atom is -0.188 e. The van der Waals surface area contributed by atoms with Crippen molar-refractivity contribution in [2.75, 3.05) is 20.8 Å². The molecule has 0 spiro atoms. The molecule has 2 heteroatoms. The molecule has 0 N–H and O–H groups in total. The van der Waals surface area contributed by atoms with Crippen molar-refractivity contribution in [1.82, 2.24) is 0 Å². The maximum absolute atomic E-state index is 3.63. The Morgan fingerprint density at radius 1 is 1.14 bits per heavy atom. The fourth-order valence-electron chi connectivity index (χ4n) is 0.412. The van der Waals surface area contributed by atoms with Crippen LogP contribution in [0.4, 0.5) is 0 Å². The molecule has 0 aromatic carbocycles. The lowest BCUT2D eigenvalue weighted by Gasteiger charge is -1.85. The van der Waals surface area contributed by atoms with E-state index >= 15 is 0 Å². The van der Waals surface area contributed by atoms with E-state index in [1.54, 1.807) is 0 Å². The van der Waals surface area contributed by atoms with Gasteiger partial charge in [0.1, 0.15) is 27.5 Å². The number of nitrogens with zero attached hydrogens (tertiary/aromatic N) is 2. The molecule has 0 rings (SSSR count). The van der Waals surface area contributed by atoms with E-state index in [1.165, 1.54) is 0 Å². The Kier molecular flexibility index (Phi) is 2.27. The second-order valence-electron chi connectivity index (χ2n) is 1.85. The molecule has 0 atom stereocenters. The van der Waals surface area contributed by atoms with Crippen LogP contribution < -0.4 is 0 Å². The monoisotopic (exact) mass is 100 g/mol. The number of rotatable bonds is 2. The first kappa shape index (κ1) is 6.34. The Bertz CT molecular complexity index is 82.3. The van der Waals surface area contributed by atoms with Gasteiger partial charge in [0.25, 0.3) is 0 Å². The first-order valence-corrected chi connectivity index (χ1v) is 2.16. The summed E-state index contributed by atoms with van der Waals surface area (Å²) in [6.07, 6.45) is 0. The second kappa shape index (κ2) is 2.50. The lowest BCUT2D eigenvalue weighted by molar-refractivity contribution is -0.696. The summed E-state index contributed by atoms with van der Waals surface area (Å²) in [5.41, 5.74) is 0. The molecule has 0 fully saturated rings. The molecule has 0 aliphatic carbocycles. The van der Waals surface area contributed by atoms with Crippen LogP contribution in [0.15, 0.2) is 0 Å². The smallest absolute Gasteiger partial charge is 0.188 e. The van der Waals surface area contributed by atoms with Gasteiger partial charge in [0.05, 0.1) is 0 Å². The largest absolute Gasteiger partial charge is 0.332 e. The van der Waals surface area contributed by atoms with Crippen LogP contribution in [-0.4, -0.2) is 43.4 Å². The molecule has 0 saturated carbocycles. The van der Waals surface area contributed by atoms with Gasteiger partial charge in [-0.1, -0.05) is 0 Å². The van der Waals surface area contributed by atoms with E-state index in [2.05, 4.69) is 13.4 Å². The van der Waals surface area contributed by atoms with E-state index < -0.39 is 0 Å². The molecule has 0 amide bonds. The van der Waals surface area contributed by atoms with Crippen LogP contribution >= 0.6 is 0 Å². The maximum Gasteiger partial charge on any atom is 0.332 e. The van der Waals surface area contributed by atoms with Gasteiger partial charge in [-0.15, -0.1) is 0 Å². The van der Waals surface area contributed by atoms with Gasteiger partial charge in [-0.2, -0.15) is 9.15 Å². The molecule has 40 valence electrons. The van der Waals surface area contributed by atoms with Crippen molar-refractivity contribution >= 4 is 13.4 Å². The molecule has 7 heavy (non-hydrogen) atoms. The zero-order valence-corrected chi connectivity index (χ0v) is 5.02. The van der Waals surface area contributed by atoms with Gasteiger partial charge in [0, 0.05) is 0 Å². The van der Waals surface area contributed by atoms with Crippen LogP contribution in [-0.2, 0) is 0 Å². The summed E-state index contributed by atoms with van der Waals surface area (Å²) in [7, 11) is 3.81. The van der Waals surface area contributed by atoms with Gasteiger partial charge >= 0.3 is 6.67 Å². The van der Waals surface area contributed by atoms with Crippen molar-refractivity contribution in [3.05, 3.63) is 0 Å². The Hall–Kier alpha value is -0.660. The quantitative estimate of drug-likeness (QED) is 0.254. The summed E-state index contributed by atoms with van der Waals surface area (Å²) < 4.78 is 3.62. The Balaban J connectivity index is 3.32. The van der Waals surface area contributed by atoms with Crippen LogP contribution in [0.3, 0.4) is 0 Å². The predicted octanol–water partition coefficient (Wildman–Crippen LogP) is -0.370. The third kappa shape index (κ3) is 5.34. The third-order valence-electron chi connectivity index (χ3n) is 0.483. The van der Waals surface area contributed by atoms with Gasteiger partial charge in [0.2, 0.25) is 0 Å². The van der Waals surface area contributed by atoms with Gasteiger partial charge in [-0.05, 0) is 0 Å². The fourth-order valence-corrected chi connectivity index (χ4v) is 0.412. The van der Waals surface area contributed by atoms with Crippen molar-refractivity contribution in [3.63, 3.8) is 0 Å². The summed E-state index contributed by atoms with van der Waals surface area (Å²) in [5, 5.41) is 0. The van der Waals surface area contributed by atoms with E-state index in [0.717, 1.165) is 6.67 Å². The zero-order valence-electron chi connectivity index (χ0n) is 5.02. The van der Waals surface area contributed by atoms with Crippen molar-refractivity contribution in [1.29, 1.82) is 0 Å². The predicted molar refractivity (Wildman–Crippen MR) is 31.5 cm³/mol. The fraction of sp³-hybridized carbons (Fsp3) is 0.600. The number of hydrogen-bond donors (Lipinski definition) is 0. The summed E-state index contributed by atoms with van der Waals surface area (Å²) in [4.78, 5) is 0. The molecular weight excluding hydrogens is 88.1 g/mol. The summed E-state index contributed by atoms with van der Waals surface area (Å²) >= 11 is 0. The minimum atomic E-state index is 0.806. The minimum absolute atomic E-state index is 0.806. The number of hydrogen-bond acceptors (Lipinski definition) is 0. The highest BCUT2D eigenvalue weighted by molar-refractivity contribution is 5.15. The first-order chi connectivity index (χ1) is 3.13. The normalized spacial score (nSPS) is 8.29. The van der Waals surface area contributed by atoms with Crippen LogP contribution in [0.25, 0.3) is 0 Å².